The van der Waals surface area contributed by atoms with E-state index in [1.165, 1.54) is 7.11 Å². The van der Waals surface area contributed by atoms with Gasteiger partial charge in [0.25, 0.3) is 0 Å². The van der Waals surface area contributed by atoms with E-state index in [0.29, 0.717) is 6.42 Å². The molecule has 0 amide bonds. The lowest BCUT2D eigenvalue weighted by Gasteiger charge is -2.09. The number of pyridine rings is 1. The quantitative estimate of drug-likeness (QED) is 0.645. The van der Waals surface area contributed by atoms with Crippen LogP contribution in [-0.2, 0) is 16.0 Å². The van der Waals surface area contributed by atoms with E-state index < -0.39 is 0 Å². The van der Waals surface area contributed by atoms with Crippen LogP contribution in [0.15, 0.2) is 36.5 Å². The molecular formula is C13H12BrNO2. The van der Waals surface area contributed by atoms with Crippen molar-refractivity contribution < 1.29 is 9.53 Å². The van der Waals surface area contributed by atoms with E-state index in [9.17, 15) is 4.79 Å². The third-order valence-electron chi connectivity index (χ3n) is 2.59. The van der Waals surface area contributed by atoms with E-state index >= 15 is 0 Å². The van der Waals surface area contributed by atoms with Crippen molar-refractivity contribution in [1.29, 1.82) is 0 Å². The van der Waals surface area contributed by atoms with Crippen LogP contribution in [0.3, 0.4) is 0 Å². The summed E-state index contributed by atoms with van der Waals surface area (Å²) in [6.45, 7) is 0. The molecule has 0 N–H and O–H groups in total. The second-order valence-corrected chi connectivity index (χ2v) is 4.79. The molecule has 0 bridgehead atoms. The van der Waals surface area contributed by atoms with Gasteiger partial charge in [-0.05, 0) is 24.1 Å². The molecule has 88 valence electrons. The number of halogens is 1. The first kappa shape index (κ1) is 12.0. The molecule has 0 aliphatic rings. The highest BCUT2D eigenvalue weighted by molar-refractivity contribution is 9.10. The average Bonchev–Trinajstić information content (AvgIpc) is 2.38. The van der Waals surface area contributed by atoms with Crippen LogP contribution in [-0.4, -0.2) is 22.9 Å². The third kappa shape index (κ3) is 2.64. The molecule has 1 aromatic heterocycles. The Labute approximate surface area is 108 Å². The predicted octanol–water partition coefficient (Wildman–Crippen LogP) is 2.71. The van der Waals surface area contributed by atoms with Crippen LogP contribution < -0.4 is 0 Å². The van der Waals surface area contributed by atoms with Gasteiger partial charge in [0.15, 0.2) is 0 Å². The number of hydrogen-bond acceptors (Lipinski definition) is 3. The van der Waals surface area contributed by atoms with Crippen LogP contribution in [0.4, 0.5) is 0 Å². The van der Waals surface area contributed by atoms with Gasteiger partial charge in [0, 0.05) is 11.6 Å². The van der Waals surface area contributed by atoms with Crippen LogP contribution >= 0.6 is 15.9 Å². The topological polar surface area (TPSA) is 39.2 Å². The Hall–Kier alpha value is -1.42. The van der Waals surface area contributed by atoms with Crippen LogP contribution in [0.2, 0.25) is 0 Å². The van der Waals surface area contributed by atoms with Crippen LogP contribution in [0.5, 0.6) is 0 Å². The number of carbonyl (C=O) groups is 1. The number of esters is 1. The second kappa shape index (κ2) is 5.27. The number of fused-ring (bicyclic) bond motifs is 1. The molecule has 0 aliphatic carbocycles. The van der Waals surface area contributed by atoms with E-state index in [0.717, 1.165) is 16.5 Å². The number of aromatic nitrogens is 1. The summed E-state index contributed by atoms with van der Waals surface area (Å²) < 4.78 is 4.69. The van der Waals surface area contributed by atoms with Crippen molar-refractivity contribution in [1.82, 2.24) is 4.98 Å². The molecule has 0 radical (unpaired) electrons. The fourth-order valence-corrected chi connectivity index (χ4v) is 2.29. The summed E-state index contributed by atoms with van der Waals surface area (Å²) in [7, 11) is 1.39. The molecular weight excluding hydrogens is 282 g/mol. The highest BCUT2D eigenvalue weighted by Crippen LogP contribution is 2.20. The maximum absolute atomic E-state index is 11.4. The van der Waals surface area contributed by atoms with Gasteiger partial charge < -0.3 is 4.74 Å². The number of rotatable bonds is 3. The van der Waals surface area contributed by atoms with E-state index in [1.807, 2.05) is 30.3 Å². The molecule has 0 aliphatic heterocycles. The number of carbonyl (C=O) groups excluding carboxylic acids is 1. The average molecular weight is 294 g/mol. The number of nitrogens with zero attached hydrogens (tertiary/aromatic N) is 1. The Morgan fingerprint density at radius 3 is 3.00 bits per heavy atom. The lowest BCUT2D eigenvalue weighted by Crippen LogP contribution is -2.18. The molecule has 3 nitrogen and oxygen atoms in total. The first-order valence-electron chi connectivity index (χ1n) is 5.27. The first-order valence-corrected chi connectivity index (χ1v) is 6.18. The minimum atomic E-state index is -0.321. The minimum absolute atomic E-state index is 0.258. The zero-order valence-electron chi connectivity index (χ0n) is 9.39. The van der Waals surface area contributed by atoms with Gasteiger partial charge >= 0.3 is 5.97 Å². The second-order valence-electron chi connectivity index (χ2n) is 3.68. The normalized spacial score (nSPS) is 12.4. The number of hydrogen-bond donors (Lipinski definition) is 0. The van der Waals surface area contributed by atoms with Gasteiger partial charge in [0.1, 0.15) is 4.83 Å². The largest absolute Gasteiger partial charge is 0.468 e. The van der Waals surface area contributed by atoms with Crippen molar-refractivity contribution in [2.45, 2.75) is 11.2 Å². The Kier molecular flexibility index (Phi) is 3.74. The molecule has 1 unspecified atom stereocenters. The summed E-state index contributed by atoms with van der Waals surface area (Å²) in [5.41, 5.74) is 2.03. The van der Waals surface area contributed by atoms with Crippen molar-refractivity contribution in [2.24, 2.45) is 0 Å². The Morgan fingerprint density at radius 2 is 2.24 bits per heavy atom. The fraction of sp³-hybridized carbons (Fsp3) is 0.231. The van der Waals surface area contributed by atoms with E-state index in [2.05, 4.69) is 20.9 Å². The molecule has 0 fully saturated rings. The standard InChI is InChI=1S/C13H12BrNO2/c1-17-13(16)11(14)8-9-4-2-6-12-10(9)5-3-7-15-12/h2-7,11H,8H2,1H3. The van der Waals surface area contributed by atoms with E-state index in [1.54, 1.807) is 6.20 Å². The van der Waals surface area contributed by atoms with E-state index in [4.69, 9.17) is 4.74 Å². The summed E-state index contributed by atoms with van der Waals surface area (Å²) in [6.07, 6.45) is 2.35. The molecule has 1 aromatic carbocycles. The summed E-state index contributed by atoms with van der Waals surface area (Å²) in [4.78, 5) is 15.3. The zero-order valence-corrected chi connectivity index (χ0v) is 11.0. The van der Waals surface area contributed by atoms with Crippen molar-refractivity contribution >= 4 is 32.8 Å². The molecule has 17 heavy (non-hydrogen) atoms. The highest BCUT2D eigenvalue weighted by Gasteiger charge is 2.16. The van der Waals surface area contributed by atoms with Crippen LogP contribution in [0, 0.1) is 0 Å². The van der Waals surface area contributed by atoms with E-state index in [-0.39, 0.29) is 10.8 Å². The van der Waals surface area contributed by atoms with Gasteiger partial charge in [-0.1, -0.05) is 34.1 Å². The van der Waals surface area contributed by atoms with Gasteiger partial charge in [-0.2, -0.15) is 0 Å². The van der Waals surface area contributed by atoms with Gasteiger partial charge in [0.05, 0.1) is 12.6 Å². The summed E-state index contributed by atoms with van der Waals surface area (Å²) in [5.74, 6) is -0.258. The maximum Gasteiger partial charge on any atom is 0.319 e. The molecule has 1 atom stereocenters. The van der Waals surface area contributed by atoms with Gasteiger partial charge in [0.2, 0.25) is 0 Å². The molecule has 2 aromatic rings. The van der Waals surface area contributed by atoms with Crippen molar-refractivity contribution in [3.05, 3.63) is 42.1 Å². The SMILES string of the molecule is COC(=O)C(Br)Cc1cccc2ncccc12. The van der Waals surface area contributed by atoms with Crippen molar-refractivity contribution in [2.75, 3.05) is 7.11 Å². The lowest BCUT2D eigenvalue weighted by atomic mass is 10.0. The summed E-state index contributed by atoms with van der Waals surface area (Å²) in [5, 5.41) is 1.07. The van der Waals surface area contributed by atoms with Crippen LogP contribution in [0.25, 0.3) is 10.9 Å². The Balaban J connectivity index is 2.33. The lowest BCUT2D eigenvalue weighted by molar-refractivity contribution is -0.139. The minimum Gasteiger partial charge on any atom is -0.468 e. The third-order valence-corrected chi connectivity index (χ3v) is 3.29. The Morgan fingerprint density at radius 1 is 1.41 bits per heavy atom. The number of alkyl halides is 1. The number of benzene rings is 1. The smallest absolute Gasteiger partial charge is 0.319 e. The summed E-state index contributed by atoms with van der Waals surface area (Å²) >= 11 is 3.33. The number of methoxy groups -OCH3 is 1. The summed E-state index contributed by atoms with van der Waals surface area (Å²) in [6, 6.07) is 9.81. The number of ether oxygens (including phenoxy) is 1. The molecule has 2 rings (SSSR count). The molecule has 1 heterocycles. The van der Waals surface area contributed by atoms with Gasteiger partial charge in [-0.3, -0.25) is 9.78 Å². The van der Waals surface area contributed by atoms with Crippen molar-refractivity contribution in [3.63, 3.8) is 0 Å². The zero-order chi connectivity index (χ0) is 12.3. The van der Waals surface area contributed by atoms with Gasteiger partial charge in [-0.25, -0.2) is 0 Å². The first-order chi connectivity index (χ1) is 8.22. The highest BCUT2D eigenvalue weighted by atomic mass is 79.9. The fourth-order valence-electron chi connectivity index (χ4n) is 1.75. The predicted molar refractivity (Wildman–Crippen MR) is 70.2 cm³/mol. The molecule has 0 saturated carbocycles. The molecule has 4 heteroatoms. The van der Waals surface area contributed by atoms with Gasteiger partial charge in [-0.15, -0.1) is 0 Å². The van der Waals surface area contributed by atoms with Crippen molar-refractivity contribution in [3.8, 4) is 0 Å². The monoisotopic (exact) mass is 293 g/mol. The van der Waals surface area contributed by atoms with Crippen LogP contribution in [0.1, 0.15) is 5.56 Å². The maximum atomic E-state index is 11.4. The molecule has 0 spiro atoms. The Bertz CT molecular complexity index is 536. The molecule has 0 saturated heterocycles.